The maximum atomic E-state index is 5.64. The number of hydrogen-bond acceptors (Lipinski definition) is 2. The van der Waals surface area contributed by atoms with Gasteiger partial charge in [-0.1, -0.05) is 27.7 Å². The number of hydrogen-bond donors (Lipinski definition) is 2. The fourth-order valence-corrected chi connectivity index (χ4v) is 1.04. The van der Waals surface area contributed by atoms with E-state index >= 15 is 0 Å². The molecule has 0 saturated heterocycles. The first kappa shape index (κ1) is 12.9. The average molecular weight is 186 g/mol. The van der Waals surface area contributed by atoms with E-state index in [0.717, 1.165) is 25.6 Å². The first-order valence-electron chi connectivity index (χ1n) is 5.39. The van der Waals surface area contributed by atoms with Crippen LogP contribution in [0.5, 0.6) is 0 Å². The molecular formula is C11H26N2. The van der Waals surface area contributed by atoms with Crippen molar-refractivity contribution in [3.63, 3.8) is 0 Å². The Hall–Kier alpha value is -0.0800. The van der Waals surface area contributed by atoms with Crippen molar-refractivity contribution in [1.29, 1.82) is 0 Å². The van der Waals surface area contributed by atoms with Gasteiger partial charge < -0.3 is 11.1 Å². The van der Waals surface area contributed by atoms with Crippen LogP contribution in [0.1, 0.15) is 40.5 Å². The summed E-state index contributed by atoms with van der Waals surface area (Å²) in [7, 11) is 0. The van der Waals surface area contributed by atoms with E-state index in [4.69, 9.17) is 5.73 Å². The van der Waals surface area contributed by atoms with Crippen molar-refractivity contribution in [1.82, 2.24) is 5.32 Å². The fraction of sp³-hybridized carbons (Fsp3) is 1.00. The third kappa shape index (κ3) is 8.26. The van der Waals surface area contributed by atoms with Crippen LogP contribution >= 0.6 is 0 Å². The van der Waals surface area contributed by atoms with Gasteiger partial charge in [0, 0.05) is 0 Å². The molecule has 0 aromatic rings. The topological polar surface area (TPSA) is 38.0 Å². The Morgan fingerprint density at radius 3 is 2.31 bits per heavy atom. The lowest BCUT2D eigenvalue weighted by molar-refractivity contribution is 0.337. The van der Waals surface area contributed by atoms with E-state index in [2.05, 4.69) is 33.0 Å². The van der Waals surface area contributed by atoms with Crippen molar-refractivity contribution in [3.8, 4) is 0 Å². The van der Waals surface area contributed by atoms with E-state index < -0.39 is 0 Å². The van der Waals surface area contributed by atoms with Crippen molar-refractivity contribution < 1.29 is 0 Å². The van der Waals surface area contributed by atoms with Crippen LogP contribution in [0.2, 0.25) is 0 Å². The molecule has 80 valence electrons. The van der Waals surface area contributed by atoms with Gasteiger partial charge in [0.25, 0.3) is 0 Å². The second-order valence-corrected chi connectivity index (χ2v) is 5.05. The van der Waals surface area contributed by atoms with Crippen LogP contribution in [0.25, 0.3) is 0 Å². The summed E-state index contributed by atoms with van der Waals surface area (Å²) in [6.45, 7) is 12.0. The van der Waals surface area contributed by atoms with Gasteiger partial charge in [0.2, 0.25) is 0 Å². The molecule has 0 aliphatic carbocycles. The predicted octanol–water partition coefficient (Wildman–Crippen LogP) is 2.00. The molecule has 0 aromatic carbocycles. The summed E-state index contributed by atoms with van der Waals surface area (Å²) in [6, 6.07) is 0. The van der Waals surface area contributed by atoms with Gasteiger partial charge in [-0.3, -0.25) is 0 Å². The molecule has 0 aliphatic rings. The Balaban J connectivity index is 3.26. The van der Waals surface area contributed by atoms with Gasteiger partial charge in [-0.15, -0.1) is 0 Å². The minimum absolute atomic E-state index is 0.296. The molecule has 0 atom stereocenters. The van der Waals surface area contributed by atoms with Gasteiger partial charge in [-0.2, -0.15) is 0 Å². The molecule has 13 heavy (non-hydrogen) atoms. The van der Waals surface area contributed by atoms with Crippen molar-refractivity contribution >= 4 is 0 Å². The summed E-state index contributed by atoms with van der Waals surface area (Å²) < 4.78 is 0. The zero-order valence-electron chi connectivity index (χ0n) is 9.69. The fourth-order valence-electron chi connectivity index (χ4n) is 1.04. The first-order chi connectivity index (χ1) is 5.98. The second kappa shape index (κ2) is 6.39. The minimum Gasteiger partial charge on any atom is -0.330 e. The van der Waals surface area contributed by atoms with Crippen LogP contribution in [-0.4, -0.2) is 19.6 Å². The SMILES string of the molecule is CC(C)CCNCCC(C)(C)CN. The van der Waals surface area contributed by atoms with Crippen molar-refractivity contribution in [2.45, 2.75) is 40.5 Å². The standard InChI is InChI=1S/C11H26N2/c1-10(2)5-7-13-8-6-11(3,4)9-12/h10,13H,5-9,12H2,1-4H3. The van der Waals surface area contributed by atoms with Crippen molar-refractivity contribution in [3.05, 3.63) is 0 Å². The first-order valence-corrected chi connectivity index (χ1v) is 5.39. The van der Waals surface area contributed by atoms with Crippen LogP contribution in [-0.2, 0) is 0 Å². The highest BCUT2D eigenvalue weighted by Gasteiger charge is 2.13. The lowest BCUT2D eigenvalue weighted by atomic mass is 9.90. The quantitative estimate of drug-likeness (QED) is 0.597. The van der Waals surface area contributed by atoms with E-state index in [1.807, 2.05) is 0 Å². The molecule has 0 aliphatic heterocycles. The molecule has 0 unspecified atom stereocenters. The molecule has 0 bridgehead atoms. The molecule has 0 amide bonds. The van der Waals surface area contributed by atoms with E-state index in [9.17, 15) is 0 Å². The van der Waals surface area contributed by atoms with Crippen LogP contribution in [0, 0.1) is 11.3 Å². The molecular weight excluding hydrogens is 160 g/mol. The number of rotatable bonds is 7. The zero-order valence-corrected chi connectivity index (χ0v) is 9.69. The van der Waals surface area contributed by atoms with E-state index in [-0.39, 0.29) is 0 Å². The molecule has 0 rings (SSSR count). The lowest BCUT2D eigenvalue weighted by Gasteiger charge is -2.22. The highest BCUT2D eigenvalue weighted by atomic mass is 14.8. The summed E-state index contributed by atoms with van der Waals surface area (Å²) in [4.78, 5) is 0. The normalized spacial score (nSPS) is 12.5. The van der Waals surface area contributed by atoms with Gasteiger partial charge in [-0.05, 0) is 43.8 Å². The largest absolute Gasteiger partial charge is 0.330 e. The van der Waals surface area contributed by atoms with Gasteiger partial charge >= 0.3 is 0 Å². The van der Waals surface area contributed by atoms with E-state index in [0.29, 0.717) is 5.41 Å². The summed E-state index contributed by atoms with van der Waals surface area (Å²) >= 11 is 0. The molecule has 0 aromatic heterocycles. The number of nitrogens with one attached hydrogen (secondary N) is 1. The smallest absolute Gasteiger partial charge is 0.00253 e. The van der Waals surface area contributed by atoms with Crippen molar-refractivity contribution in [2.24, 2.45) is 17.1 Å². The van der Waals surface area contributed by atoms with E-state index in [1.165, 1.54) is 12.8 Å². The van der Waals surface area contributed by atoms with Crippen molar-refractivity contribution in [2.75, 3.05) is 19.6 Å². The zero-order chi connectivity index (χ0) is 10.3. The van der Waals surface area contributed by atoms with Crippen LogP contribution < -0.4 is 11.1 Å². The molecule has 0 fully saturated rings. The van der Waals surface area contributed by atoms with Crippen LogP contribution in [0.4, 0.5) is 0 Å². The Kier molecular flexibility index (Phi) is 6.35. The average Bonchev–Trinajstić information content (AvgIpc) is 2.03. The molecule has 3 N–H and O–H groups in total. The maximum Gasteiger partial charge on any atom is -0.00253 e. The Bertz CT molecular complexity index is 119. The molecule has 0 spiro atoms. The Morgan fingerprint density at radius 1 is 1.23 bits per heavy atom. The lowest BCUT2D eigenvalue weighted by Crippen LogP contribution is -2.29. The molecule has 0 radical (unpaired) electrons. The minimum atomic E-state index is 0.296. The van der Waals surface area contributed by atoms with Gasteiger partial charge in [-0.25, -0.2) is 0 Å². The summed E-state index contributed by atoms with van der Waals surface area (Å²) in [5.74, 6) is 0.801. The van der Waals surface area contributed by atoms with Gasteiger partial charge in [0.15, 0.2) is 0 Å². The highest BCUT2D eigenvalue weighted by molar-refractivity contribution is 4.70. The summed E-state index contributed by atoms with van der Waals surface area (Å²) in [6.07, 6.45) is 2.44. The maximum absolute atomic E-state index is 5.64. The monoisotopic (exact) mass is 186 g/mol. The third-order valence-electron chi connectivity index (χ3n) is 2.43. The van der Waals surface area contributed by atoms with Gasteiger partial charge in [0.1, 0.15) is 0 Å². The Morgan fingerprint density at radius 2 is 1.85 bits per heavy atom. The van der Waals surface area contributed by atoms with Gasteiger partial charge in [0.05, 0.1) is 0 Å². The predicted molar refractivity (Wildman–Crippen MR) is 59.8 cm³/mol. The molecule has 2 heteroatoms. The van der Waals surface area contributed by atoms with Crippen LogP contribution in [0.3, 0.4) is 0 Å². The highest BCUT2D eigenvalue weighted by Crippen LogP contribution is 2.16. The Labute approximate surface area is 83.3 Å². The number of nitrogens with two attached hydrogens (primary N) is 1. The third-order valence-corrected chi connectivity index (χ3v) is 2.43. The summed E-state index contributed by atoms with van der Waals surface area (Å²) in [5, 5.41) is 3.45. The van der Waals surface area contributed by atoms with E-state index in [1.54, 1.807) is 0 Å². The van der Waals surface area contributed by atoms with Crippen LogP contribution in [0.15, 0.2) is 0 Å². The second-order valence-electron chi connectivity index (χ2n) is 5.05. The molecule has 0 saturated carbocycles. The molecule has 2 nitrogen and oxygen atoms in total. The molecule has 0 heterocycles. The summed E-state index contributed by atoms with van der Waals surface area (Å²) in [5.41, 5.74) is 5.94.